The standard InChI is InChI=1S/C21H25ClN2O3/c1-14(2)19(24-20(25)17-6-4-5-7-18(17)27-3)21(26)23-13-12-15-8-10-16(22)11-9-15/h4-11,14,19H,12-13H2,1-3H3,(H,23,26)(H,24,25)/t19-/m0/s1. The first-order valence-corrected chi connectivity index (χ1v) is 9.26. The number of methoxy groups -OCH3 is 1. The van der Waals surface area contributed by atoms with Gasteiger partial charge in [0, 0.05) is 11.6 Å². The van der Waals surface area contributed by atoms with Crippen molar-refractivity contribution in [3.05, 3.63) is 64.7 Å². The highest BCUT2D eigenvalue weighted by atomic mass is 35.5. The van der Waals surface area contributed by atoms with E-state index in [1.54, 1.807) is 24.3 Å². The van der Waals surface area contributed by atoms with Crippen LogP contribution in [0.5, 0.6) is 5.75 Å². The number of carbonyl (C=O) groups is 2. The summed E-state index contributed by atoms with van der Waals surface area (Å²) in [5.41, 5.74) is 1.48. The van der Waals surface area contributed by atoms with Crippen molar-refractivity contribution in [1.82, 2.24) is 10.6 Å². The van der Waals surface area contributed by atoms with Crippen LogP contribution in [0.1, 0.15) is 29.8 Å². The highest BCUT2D eigenvalue weighted by Gasteiger charge is 2.25. The Hall–Kier alpha value is -2.53. The molecule has 1 atom stereocenters. The van der Waals surface area contributed by atoms with Crippen molar-refractivity contribution >= 4 is 23.4 Å². The van der Waals surface area contributed by atoms with Gasteiger partial charge in [0.25, 0.3) is 5.91 Å². The number of amides is 2. The molecule has 0 aromatic heterocycles. The van der Waals surface area contributed by atoms with Gasteiger partial charge in [-0.2, -0.15) is 0 Å². The maximum Gasteiger partial charge on any atom is 0.255 e. The number of nitrogens with one attached hydrogen (secondary N) is 2. The van der Waals surface area contributed by atoms with E-state index in [0.29, 0.717) is 29.3 Å². The van der Waals surface area contributed by atoms with Crippen LogP contribution in [0.4, 0.5) is 0 Å². The van der Waals surface area contributed by atoms with E-state index >= 15 is 0 Å². The van der Waals surface area contributed by atoms with Crippen LogP contribution in [0.3, 0.4) is 0 Å². The minimum Gasteiger partial charge on any atom is -0.496 e. The third kappa shape index (κ3) is 6.00. The Kier molecular flexibility index (Phi) is 7.67. The monoisotopic (exact) mass is 388 g/mol. The molecule has 2 amide bonds. The van der Waals surface area contributed by atoms with E-state index in [9.17, 15) is 9.59 Å². The van der Waals surface area contributed by atoms with Crippen LogP contribution < -0.4 is 15.4 Å². The van der Waals surface area contributed by atoms with Gasteiger partial charge in [0.1, 0.15) is 11.8 Å². The summed E-state index contributed by atoms with van der Waals surface area (Å²) in [6, 6.07) is 13.8. The van der Waals surface area contributed by atoms with Crippen molar-refractivity contribution in [3.63, 3.8) is 0 Å². The minimum atomic E-state index is -0.632. The molecule has 2 N–H and O–H groups in total. The van der Waals surface area contributed by atoms with Gasteiger partial charge in [0.2, 0.25) is 5.91 Å². The minimum absolute atomic E-state index is 0.0563. The molecule has 0 heterocycles. The molecule has 27 heavy (non-hydrogen) atoms. The second kappa shape index (κ2) is 9.97. The zero-order chi connectivity index (χ0) is 19.8. The molecular weight excluding hydrogens is 364 g/mol. The van der Waals surface area contributed by atoms with Crippen molar-refractivity contribution in [2.75, 3.05) is 13.7 Å². The van der Waals surface area contributed by atoms with Crippen LogP contribution in [0.25, 0.3) is 0 Å². The van der Waals surface area contributed by atoms with E-state index in [-0.39, 0.29) is 17.7 Å². The Morgan fingerprint density at radius 2 is 1.74 bits per heavy atom. The van der Waals surface area contributed by atoms with Crippen LogP contribution in [-0.4, -0.2) is 31.5 Å². The molecule has 2 aromatic rings. The summed E-state index contributed by atoms with van der Waals surface area (Å²) >= 11 is 5.87. The molecule has 5 nitrogen and oxygen atoms in total. The summed E-state index contributed by atoms with van der Waals surface area (Å²) in [5, 5.41) is 6.39. The second-order valence-electron chi connectivity index (χ2n) is 6.56. The van der Waals surface area contributed by atoms with Gasteiger partial charge in [0.05, 0.1) is 12.7 Å². The lowest BCUT2D eigenvalue weighted by atomic mass is 10.0. The van der Waals surface area contributed by atoms with Gasteiger partial charge in [-0.15, -0.1) is 0 Å². The zero-order valence-electron chi connectivity index (χ0n) is 15.8. The predicted molar refractivity (Wildman–Crippen MR) is 107 cm³/mol. The van der Waals surface area contributed by atoms with E-state index in [0.717, 1.165) is 5.56 Å². The Morgan fingerprint density at radius 3 is 2.37 bits per heavy atom. The summed E-state index contributed by atoms with van der Waals surface area (Å²) < 4.78 is 5.22. The molecule has 6 heteroatoms. The number of rotatable bonds is 8. The SMILES string of the molecule is COc1ccccc1C(=O)N[C@H](C(=O)NCCc1ccc(Cl)cc1)C(C)C. The van der Waals surface area contributed by atoms with Gasteiger partial charge in [-0.1, -0.05) is 49.7 Å². The highest BCUT2D eigenvalue weighted by molar-refractivity contribution is 6.30. The van der Waals surface area contributed by atoms with Crippen LogP contribution in [-0.2, 0) is 11.2 Å². The molecule has 2 rings (SSSR count). The van der Waals surface area contributed by atoms with E-state index in [2.05, 4.69) is 10.6 Å². The van der Waals surface area contributed by atoms with Crippen molar-refractivity contribution in [2.24, 2.45) is 5.92 Å². The molecular formula is C21H25ClN2O3. The summed E-state index contributed by atoms with van der Waals surface area (Å²) in [5.74, 6) is -0.124. The zero-order valence-corrected chi connectivity index (χ0v) is 16.5. The lowest BCUT2D eigenvalue weighted by Crippen LogP contribution is -2.50. The third-order valence-corrected chi connectivity index (χ3v) is 4.47. The normalized spacial score (nSPS) is 11.7. The molecule has 2 aromatic carbocycles. The largest absolute Gasteiger partial charge is 0.496 e. The van der Waals surface area contributed by atoms with Gasteiger partial charge < -0.3 is 15.4 Å². The molecule has 0 saturated carbocycles. The van der Waals surface area contributed by atoms with Crippen LogP contribution in [0, 0.1) is 5.92 Å². The molecule has 0 spiro atoms. The summed E-state index contributed by atoms with van der Waals surface area (Å²) in [7, 11) is 1.51. The van der Waals surface area contributed by atoms with Gasteiger partial charge in [0.15, 0.2) is 0 Å². The van der Waals surface area contributed by atoms with Gasteiger partial charge in [-0.05, 0) is 42.2 Å². The Balaban J connectivity index is 1.96. The quantitative estimate of drug-likeness (QED) is 0.727. The summed E-state index contributed by atoms with van der Waals surface area (Å²) in [6.45, 7) is 4.27. The molecule has 0 aliphatic carbocycles. The fraction of sp³-hybridized carbons (Fsp3) is 0.333. The molecule has 0 fully saturated rings. The molecule has 0 aliphatic heterocycles. The van der Waals surface area contributed by atoms with Crippen LogP contribution in [0.2, 0.25) is 5.02 Å². The van der Waals surface area contributed by atoms with E-state index in [1.807, 2.05) is 38.1 Å². The number of hydrogen-bond acceptors (Lipinski definition) is 3. The lowest BCUT2D eigenvalue weighted by Gasteiger charge is -2.22. The molecule has 0 aliphatic rings. The topological polar surface area (TPSA) is 67.4 Å². The van der Waals surface area contributed by atoms with Crippen LogP contribution >= 0.6 is 11.6 Å². The fourth-order valence-electron chi connectivity index (χ4n) is 2.68. The maximum atomic E-state index is 12.6. The number of benzene rings is 2. The average molecular weight is 389 g/mol. The Labute approximate surface area is 165 Å². The van der Waals surface area contributed by atoms with Crippen molar-refractivity contribution in [2.45, 2.75) is 26.3 Å². The van der Waals surface area contributed by atoms with Crippen molar-refractivity contribution in [3.8, 4) is 5.75 Å². The average Bonchev–Trinajstić information content (AvgIpc) is 2.67. The van der Waals surface area contributed by atoms with Gasteiger partial charge >= 0.3 is 0 Å². The van der Waals surface area contributed by atoms with Crippen molar-refractivity contribution < 1.29 is 14.3 Å². The van der Waals surface area contributed by atoms with E-state index in [4.69, 9.17) is 16.3 Å². The number of hydrogen-bond donors (Lipinski definition) is 2. The first kappa shape index (κ1) is 20.8. The number of ether oxygens (including phenoxy) is 1. The number of halogens is 1. The molecule has 0 saturated heterocycles. The van der Waals surface area contributed by atoms with Crippen LogP contribution in [0.15, 0.2) is 48.5 Å². The predicted octanol–water partition coefficient (Wildman–Crippen LogP) is 3.46. The first-order valence-electron chi connectivity index (χ1n) is 8.88. The van der Waals surface area contributed by atoms with Gasteiger partial charge in [-0.25, -0.2) is 0 Å². The summed E-state index contributed by atoms with van der Waals surface area (Å²) in [6.07, 6.45) is 0.689. The maximum absolute atomic E-state index is 12.6. The summed E-state index contributed by atoms with van der Waals surface area (Å²) in [4.78, 5) is 25.2. The molecule has 0 radical (unpaired) electrons. The molecule has 144 valence electrons. The molecule has 0 unspecified atom stereocenters. The lowest BCUT2D eigenvalue weighted by molar-refractivity contribution is -0.123. The highest BCUT2D eigenvalue weighted by Crippen LogP contribution is 2.17. The Morgan fingerprint density at radius 1 is 1.07 bits per heavy atom. The van der Waals surface area contributed by atoms with Crippen molar-refractivity contribution in [1.29, 1.82) is 0 Å². The Bertz CT molecular complexity index is 775. The third-order valence-electron chi connectivity index (χ3n) is 4.21. The smallest absolute Gasteiger partial charge is 0.255 e. The number of carbonyl (C=O) groups excluding carboxylic acids is 2. The molecule has 0 bridgehead atoms. The number of para-hydroxylation sites is 1. The van der Waals surface area contributed by atoms with E-state index in [1.165, 1.54) is 7.11 Å². The first-order chi connectivity index (χ1) is 12.9. The van der Waals surface area contributed by atoms with E-state index < -0.39 is 6.04 Å². The second-order valence-corrected chi connectivity index (χ2v) is 7.00. The van der Waals surface area contributed by atoms with Gasteiger partial charge in [-0.3, -0.25) is 9.59 Å². The fourth-order valence-corrected chi connectivity index (χ4v) is 2.80.